The van der Waals surface area contributed by atoms with Crippen LogP contribution in [-0.4, -0.2) is 56.4 Å². The predicted molar refractivity (Wildman–Crippen MR) is 119 cm³/mol. The molecule has 1 aliphatic carbocycles. The SMILES string of the molecule is C[C@H]1CC2CC(CN3CCCC3=O)(C1)N2C(=O)Nc1cc(-c2ncc(F)cn2)c(C(F)(F)F)cc1F. The number of hydrogen-bond acceptors (Lipinski definition) is 4. The molecule has 0 spiro atoms. The lowest BCUT2D eigenvalue weighted by atomic mass is 9.64. The molecule has 2 bridgehead atoms. The second-order valence-corrected chi connectivity index (χ2v) is 9.95. The Balaban J connectivity index is 1.45. The minimum absolute atomic E-state index is 0.0316. The van der Waals surface area contributed by atoms with E-state index < -0.39 is 52.0 Å². The predicted octanol–water partition coefficient (Wildman–Crippen LogP) is 4.84. The summed E-state index contributed by atoms with van der Waals surface area (Å²) in [7, 11) is 0. The minimum Gasteiger partial charge on any atom is -0.340 e. The van der Waals surface area contributed by atoms with Crippen LogP contribution in [0.4, 0.5) is 32.4 Å². The first-order chi connectivity index (χ1) is 17.0. The maximum atomic E-state index is 14.8. The molecule has 2 unspecified atom stereocenters. The van der Waals surface area contributed by atoms with Gasteiger partial charge >= 0.3 is 12.2 Å². The molecule has 4 fully saturated rings. The Kier molecular flexibility index (Phi) is 5.87. The van der Waals surface area contributed by atoms with Crippen molar-refractivity contribution in [2.45, 2.75) is 56.8 Å². The van der Waals surface area contributed by atoms with Crippen molar-refractivity contribution in [2.75, 3.05) is 18.4 Å². The maximum Gasteiger partial charge on any atom is 0.417 e. The van der Waals surface area contributed by atoms with Crippen LogP contribution in [0.5, 0.6) is 0 Å². The monoisotopic (exact) mass is 509 g/mol. The molecule has 2 aromatic rings. The Morgan fingerprint density at radius 2 is 1.92 bits per heavy atom. The van der Waals surface area contributed by atoms with Gasteiger partial charge in [-0.1, -0.05) is 6.92 Å². The first kappa shape index (κ1) is 24.4. The van der Waals surface area contributed by atoms with E-state index in [-0.39, 0.29) is 18.0 Å². The average Bonchev–Trinajstić information content (AvgIpc) is 3.18. The van der Waals surface area contributed by atoms with Gasteiger partial charge in [0, 0.05) is 31.1 Å². The van der Waals surface area contributed by atoms with E-state index in [0.717, 1.165) is 18.9 Å². The topological polar surface area (TPSA) is 78.4 Å². The van der Waals surface area contributed by atoms with Crippen LogP contribution in [-0.2, 0) is 11.0 Å². The Hall–Kier alpha value is -3.31. The number of nitrogens with one attached hydrogen (secondary N) is 1. The van der Waals surface area contributed by atoms with E-state index in [1.54, 1.807) is 9.80 Å². The number of urea groups is 1. The Labute approximate surface area is 203 Å². The highest BCUT2D eigenvalue weighted by molar-refractivity contribution is 5.92. The van der Waals surface area contributed by atoms with Gasteiger partial charge < -0.3 is 15.1 Å². The average molecular weight is 509 g/mol. The Bertz CT molecular complexity index is 1200. The van der Waals surface area contributed by atoms with Crippen molar-refractivity contribution in [3.05, 3.63) is 41.7 Å². The van der Waals surface area contributed by atoms with Crippen LogP contribution in [0.2, 0.25) is 0 Å². The second kappa shape index (κ2) is 8.67. The first-order valence-electron chi connectivity index (χ1n) is 11.7. The summed E-state index contributed by atoms with van der Waals surface area (Å²) >= 11 is 0. The third kappa shape index (κ3) is 4.26. The molecule has 36 heavy (non-hydrogen) atoms. The zero-order valence-electron chi connectivity index (χ0n) is 19.4. The number of nitrogens with zero attached hydrogens (tertiary/aromatic N) is 4. The Morgan fingerprint density at radius 3 is 2.56 bits per heavy atom. The van der Waals surface area contributed by atoms with Gasteiger partial charge in [-0.05, 0) is 43.7 Å². The van der Waals surface area contributed by atoms with Gasteiger partial charge in [0.25, 0.3) is 0 Å². The van der Waals surface area contributed by atoms with Gasteiger partial charge in [0.05, 0.1) is 29.2 Å². The van der Waals surface area contributed by atoms with E-state index >= 15 is 0 Å². The summed E-state index contributed by atoms with van der Waals surface area (Å²) in [4.78, 5) is 36.1. The third-order valence-electron chi connectivity index (χ3n) is 7.29. The standard InChI is InChI=1S/C24H24F5N5O2/c1-13-5-15-9-23(8-13,12-33-4-2-3-20(33)35)34(15)22(36)32-19-6-16(21-30-10-14(25)11-31-21)17(7-18(19)26)24(27,28)29/h6-7,10-11,13,15H,2-5,8-9,12H2,1H3,(H,32,36)/t13-,15?,23?/m0/s1. The second-order valence-electron chi connectivity index (χ2n) is 9.95. The summed E-state index contributed by atoms with van der Waals surface area (Å²) in [5.74, 6) is -2.22. The third-order valence-corrected chi connectivity index (χ3v) is 7.29. The van der Waals surface area contributed by atoms with E-state index in [0.29, 0.717) is 50.7 Å². The molecular formula is C24H24F5N5O2. The zero-order valence-corrected chi connectivity index (χ0v) is 19.4. The molecule has 1 aromatic carbocycles. The molecule has 1 N–H and O–H groups in total. The van der Waals surface area contributed by atoms with Gasteiger partial charge in [-0.15, -0.1) is 0 Å². The van der Waals surface area contributed by atoms with E-state index in [4.69, 9.17) is 0 Å². The van der Waals surface area contributed by atoms with Crippen molar-refractivity contribution >= 4 is 17.6 Å². The van der Waals surface area contributed by atoms with Crippen LogP contribution < -0.4 is 5.32 Å². The van der Waals surface area contributed by atoms with Crippen molar-refractivity contribution in [3.63, 3.8) is 0 Å². The van der Waals surface area contributed by atoms with Crippen LogP contribution >= 0.6 is 0 Å². The molecule has 6 rings (SSSR count). The van der Waals surface area contributed by atoms with Crippen molar-refractivity contribution in [1.82, 2.24) is 19.8 Å². The number of fused-ring (bicyclic) bond motifs is 2. The fourth-order valence-corrected chi connectivity index (χ4v) is 6.00. The van der Waals surface area contributed by atoms with Crippen LogP contribution in [0.15, 0.2) is 24.5 Å². The number of carbonyl (C=O) groups is 2. The molecule has 192 valence electrons. The van der Waals surface area contributed by atoms with E-state index in [1.807, 2.05) is 0 Å². The summed E-state index contributed by atoms with van der Waals surface area (Å²) in [5, 5.41) is 2.43. The number of rotatable bonds is 4. The highest BCUT2D eigenvalue weighted by Crippen LogP contribution is 2.51. The van der Waals surface area contributed by atoms with E-state index in [2.05, 4.69) is 22.2 Å². The van der Waals surface area contributed by atoms with Crippen molar-refractivity contribution in [3.8, 4) is 11.4 Å². The van der Waals surface area contributed by atoms with Gasteiger partial charge in [0.2, 0.25) is 5.91 Å². The largest absolute Gasteiger partial charge is 0.417 e. The van der Waals surface area contributed by atoms with E-state index in [1.165, 1.54) is 0 Å². The number of amides is 3. The van der Waals surface area contributed by atoms with Crippen LogP contribution in [0, 0.1) is 17.6 Å². The maximum absolute atomic E-state index is 14.8. The van der Waals surface area contributed by atoms with Gasteiger partial charge in [-0.25, -0.2) is 23.5 Å². The molecule has 0 radical (unpaired) electrons. The van der Waals surface area contributed by atoms with Crippen LogP contribution in [0.25, 0.3) is 11.4 Å². The molecule has 3 atom stereocenters. The number of hydrogen-bond donors (Lipinski definition) is 1. The fourth-order valence-electron chi connectivity index (χ4n) is 6.00. The molecule has 12 heteroatoms. The lowest BCUT2D eigenvalue weighted by Gasteiger charge is -2.64. The molecule has 1 saturated carbocycles. The molecule has 4 aliphatic rings. The number of aromatic nitrogens is 2. The minimum atomic E-state index is -4.94. The zero-order chi connectivity index (χ0) is 25.8. The summed E-state index contributed by atoms with van der Waals surface area (Å²) in [5.41, 5.74) is -3.00. The van der Waals surface area contributed by atoms with Crippen LogP contribution in [0.3, 0.4) is 0 Å². The van der Waals surface area contributed by atoms with Crippen molar-refractivity contribution in [1.29, 1.82) is 0 Å². The lowest BCUT2D eigenvalue weighted by molar-refractivity contribution is -0.138. The Morgan fingerprint density at radius 1 is 1.19 bits per heavy atom. The molecule has 3 amide bonds. The first-order valence-corrected chi connectivity index (χ1v) is 11.7. The molecular weight excluding hydrogens is 485 g/mol. The number of benzene rings is 1. The summed E-state index contributed by atoms with van der Waals surface area (Å²) in [6.07, 6.45) is -0.187. The summed E-state index contributed by atoms with van der Waals surface area (Å²) in [6.45, 7) is 3.07. The van der Waals surface area contributed by atoms with Gasteiger partial charge in [0.1, 0.15) is 5.82 Å². The highest BCUT2D eigenvalue weighted by atomic mass is 19.4. The molecule has 4 heterocycles. The van der Waals surface area contributed by atoms with E-state index in [9.17, 15) is 31.5 Å². The lowest BCUT2D eigenvalue weighted by Crippen LogP contribution is -2.75. The summed E-state index contributed by atoms with van der Waals surface area (Å²) < 4.78 is 68.9. The molecule has 1 aromatic heterocycles. The highest BCUT2D eigenvalue weighted by Gasteiger charge is 2.59. The number of halogens is 5. The van der Waals surface area contributed by atoms with Gasteiger partial charge in [0.15, 0.2) is 11.6 Å². The van der Waals surface area contributed by atoms with Gasteiger partial charge in [-0.2, -0.15) is 13.2 Å². The number of alkyl halides is 3. The quantitative estimate of drug-likeness (QED) is 0.599. The van der Waals surface area contributed by atoms with Crippen molar-refractivity contribution < 1.29 is 31.5 Å². The summed E-state index contributed by atoms with van der Waals surface area (Å²) in [6, 6.07) is 0.339. The fraction of sp³-hybridized carbons (Fsp3) is 0.500. The van der Waals surface area contributed by atoms with Crippen LogP contribution in [0.1, 0.15) is 44.6 Å². The van der Waals surface area contributed by atoms with Gasteiger partial charge in [-0.3, -0.25) is 4.79 Å². The number of anilines is 1. The number of piperidine rings is 1. The molecule has 3 aliphatic heterocycles. The molecule has 3 saturated heterocycles. The smallest absolute Gasteiger partial charge is 0.340 e. The number of carbonyl (C=O) groups excluding carboxylic acids is 2. The number of likely N-dealkylation sites (tertiary alicyclic amines) is 1. The van der Waals surface area contributed by atoms with Crippen molar-refractivity contribution in [2.24, 2.45) is 5.92 Å². The normalized spacial score (nSPS) is 25.7. The molecule has 7 nitrogen and oxygen atoms in total.